The molecule has 0 aliphatic rings. The lowest BCUT2D eigenvalue weighted by Crippen LogP contribution is -2.17. The van der Waals surface area contributed by atoms with Crippen LogP contribution in [0.25, 0.3) is 0 Å². The van der Waals surface area contributed by atoms with Crippen LogP contribution >= 0.6 is 7.60 Å². The molecule has 0 bridgehead atoms. The second kappa shape index (κ2) is 7.42. The summed E-state index contributed by atoms with van der Waals surface area (Å²) in [5.74, 6) is 0.497. The van der Waals surface area contributed by atoms with E-state index in [4.69, 9.17) is 4.52 Å². The van der Waals surface area contributed by atoms with Crippen LogP contribution in [0, 0.1) is 22.7 Å². The zero-order valence-corrected chi connectivity index (χ0v) is 15.6. The van der Waals surface area contributed by atoms with Crippen molar-refractivity contribution in [2.24, 2.45) is 22.7 Å². The molecule has 0 aliphatic carbocycles. The van der Waals surface area contributed by atoms with E-state index in [2.05, 4.69) is 48.5 Å². The highest BCUT2D eigenvalue weighted by atomic mass is 31.2. The van der Waals surface area contributed by atoms with Gasteiger partial charge in [0.15, 0.2) is 0 Å². The van der Waals surface area contributed by atoms with Gasteiger partial charge >= 0.3 is 7.60 Å². The summed E-state index contributed by atoms with van der Waals surface area (Å²) in [5, 5.41) is 0. The van der Waals surface area contributed by atoms with E-state index in [1.54, 1.807) is 0 Å². The Bertz CT molecular complexity index is 326. The molecule has 0 aromatic heterocycles. The molecule has 0 aromatic rings. The van der Waals surface area contributed by atoms with Gasteiger partial charge < -0.3 is 9.42 Å². The van der Waals surface area contributed by atoms with E-state index in [1.165, 1.54) is 0 Å². The average molecular weight is 306 g/mol. The van der Waals surface area contributed by atoms with Gasteiger partial charge in [0, 0.05) is 0 Å². The fourth-order valence-electron chi connectivity index (χ4n) is 2.90. The van der Waals surface area contributed by atoms with E-state index in [0.717, 1.165) is 12.8 Å². The van der Waals surface area contributed by atoms with Crippen LogP contribution in [-0.2, 0) is 9.09 Å². The molecular formula is C16H35O3P. The van der Waals surface area contributed by atoms with E-state index in [1.807, 2.05) is 6.92 Å². The second-order valence-electron chi connectivity index (χ2n) is 8.86. The van der Waals surface area contributed by atoms with Gasteiger partial charge in [-0.15, -0.1) is 0 Å². The summed E-state index contributed by atoms with van der Waals surface area (Å²) >= 11 is 0. The van der Waals surface area contributed by atoms with Gasteiger partial charge in [-0.3, -0.25) is 4.57 Å². The zero-order valence-electron chi connectivity index (χ0n) is 14.7. The maximum absolute atomic E-state index is 12.1. The van der Waals surface area contributed by atoms with Gasteiger partial charge in [-0.1, -0.05) is 55.4 Å². The van der Waals surface area contributed by atoms with Crippen LogP contribution in [0.2, 0.25) is 0 Å². The molecule has 122 valence electrons. The predicted octanol–water partition coefficient (Wildman–Crippen LogP) is 5.33. The van der Waals surface area contributed by atoms with Crippen LogP contribution in [0.5, 0.6) is 0 Å². The highest BCUT2D eigenvalue weighted by Gasteiger charge is 2.27. The Kier molecular flexibility index (Phi) is 7.48. The summed E-state index contributed by atoms with van der Waals surface area (Å²) in [6.45, 7) is 17.4. The standard InChI is InChI=1S/C16H35O3P/c1-13(9-15(3,4)5)11-19-20(17,18)12-14(2)10-16(6,7)8/h13-14H,9-12H2,1-8H3,(H,17,18). The molecule has 0 rings (SSSR count). The van der Waals surface area contributed by atoms with Crippen molar-refractivity contribution in [2.75, 3.05) is 12.8 Å². The summed E-state index contributed by atoms with van der Waals surface area (Å²) in [4.78, 5) is 9.96. The van der Waals surface area contributed by atoms with Crippen molar-refractivity contribution < 1.29 is 14.0 Å². The number of rotatable bonds is 7. The van der Waals surface area contributed by atoms with Crippen molar-refractivity contribution in [3.63, 3.8) is 0 Å². The smallest absolute Gasteiger partial charge is 0.324 e. The van der Waals surface area contributed by atoms with Crippen molar-refractivity contribution in [1.29, 1.82) is 0 Å². The Labute approximate surface area is 126 Å². The first-order valence-electron chi connectivity index (χ1n) is 7.66. The molecule has 0 aromatic carbocycles. The van der Waals surface area contributed by atoms with Gasteiger partial charge in [-0.2, -0.15) is 0 Å². The topological polar surface area (TPSA) is 46.5 Å². The summed E-state index contributed by atoms with van der Waals surface area (Å²) < 4.78 is 17.4. The molecular weight excluding hydrogens is 271 g/mol. The number of hydrogen-bond donors (Lipinski definition) is 1. The predicted molar refractivity (Wildman–Crippen MR) is 87.1 cm³/mol. The Hall–Kier alpha value is 0.150. The third kappa shape index (κ3) is 11.9. The van der Waals surface area contributed by atoms with E-state index in [9.17, 15) is 9.46 Å². The summed E-state index contributed by atoms with van der Waals surface area (Å²) in [6, 6.07) is 0. The van der Waals surface area contributed by atoms with Crippen LogP contribution < -0.4 is 0 Å². The molecule has 1 N–H and O–H groups in total. The molecule has 4 heteroatoms. The third-order valence-electron chi connectivity index (χ3n) is 3.02. The minimum Gasteiger partial charge on any atom is -0.324 e. The van der Waals surface area contributed by atoms with Gasteiger partial charge in [0.2, 0.25) is 0 Å². The Morgan fingerprint density at radius 2 is 1.35 bits per heavy atom. The van der Waals surface area contributed by atoms with Crippen LogP contribution in [0.15, 0.2) is 0 Å². The summed E-state index contributed by atoms with van der Waals surface area (Å²) in [5.41, 5.74) is 0.403. The van der Waals surface area contributed by atoms with E-state index in [0.29, 0.717) is 12.5 Å². The molecule has 0 radical (unpaired) electrons. The van der Waals surface area contributed by atoms with Crippen molar-refractivity contribution in [3.05, 3.63) is 0 Å². The average Bonchev–Trinajstić information content (AvgIpc) is 2.07. The van der Waals surface area contributed by atoms with E-state index >= 15 is 0 Å². The third-order valence-corrected chi connectivity index (χ3v) is 4.66. The Morgan fingerprint density at radius 1 is 0.950 bits per heavy atom. The SMILES string of the molecule is CC(COP(=O)(O)CC(C)CC(C)(C)C)CC(C)(C)C. The molecule has 3 nitrogen and oxygen atoms in total. The van der Waals surface area contributed by atoms with Gasteiger partial charge in [-0.25, -0.2) is 0 Å². The first kappa shape index (κ1) is 20.1. The summed E-state index contributed by atoms with van der Waals surface area (Å²) in [6.07, 6.45) is 2.18. The lowest BCUT2D eigenvalue weighted by Gasteiger charge is -2.26. The van der Waals surface area contributed by atoms with Crippen molar-refractivity contribution in [3.8, 4) is 0 Å². The van der Waals surface area contributed by atoms with Gasteiger partial charge in [0.25, 0.3) is 0 Å². The first-order valence-corrected chi connectivity index (χ1v) is 9.43. The first-order chi connectivity index (χ1) is 8.70. The molecule has 0 amide bonds. The second-order valence-corrected chi connectivity index (χ2v) is 10.8. The van der Waals surface area contributed by atoms with Crippen molar-refractivity contribution >= 4 is 7.60 Å². The molecule has 20 heavy (non-hydrogen) atoms. The molecule has 3 unspecified atom stereocenters. The molecule has 0 spiro atoms. The monoisotopic (exact) mass is 306 g/mol. The van der Waals surface area contributed by atoms with Gasteiger partial charge in [-0.05, 0) is 35.5 Å². The Morgan fingerprint density at radius 3 is 1.75 bits per heavy atom. The number of hydrogen-bond acceptors (Lipinski definition) is 2. The highest BCUT2D eigenvalue weighted by Crippen LogP contribution is 2.46. The van der Waals surface area contributed by atoms with Crippen LogP contribution in [0.3, 0.4) is 0 Å². The largest absolute Gasteiger partial charge is 0.328 e. The van der Waals surface area contributed by atoms with Crippen molar-refractivity contribution in [2.45, 2.75) is 68.2 Å². The molecule has 0 fully saturated rings. The minimum atomic E-state index is -3.45. The lowest BCUT2D eigenvalue weighted by atomic mass is 9.86. The molecule has 0 aliphatic heterocycles. The molecule has 3 atom stereocenters. The maximum Gasteiger partial charge on any atom is 0.328 e. The zero-order chi connectivity index (χ0) is 16.2. The lowest BCUT2D eigenvalue weighted by molar-refractivity contribution is 0.183. The van der Waals surface area contributed by atoms with Crippen LogP contribution in [-0.4, -0.2) is 17.7 Å². The van der Waals surface area contributed by atoms with Gasteiger partial charge in [0.05, 0.1) is 12.8 Å². The van der Waals surface area contributed by atoms with Crippen LogP contribution in [0.4, 0.5) is 0 Å². The summed E-state index contributed by atoms with van der Waals surface area (Å²) in [7, 11) is -3.45. The van der Waals surface area contributed by atoms with Gasteiger partial charge in [0.1, 0.15) is 0 Å². The quantitative estimate of drug-likeness (QED) is 0.646. The fourth-order valence-corrected chi connectivity index (χ4v) is 4.41. The minimum absolute atomic E-state index is 0.180. The van der Waals surface area contributed by atoms with Crippen LogP contribution in [0.1, 0.15) is 68.2 Å². The molecule has 0 saturated carbocycles. The molecule has 0 heterocycles. The highest BCUT2D eigenvalue weighted by molar-refractivity contribution is 7.52. The Balaban J connectivity index is 4.23. The maximum atomic E-state index is 12.1. The van der Waals surface area contributed by atoms with E-state index in [-0.39, 0.29) is 22.9 Å². The van der Waals surface area contributed by atoms with Crippen molar-refractivity contribution in [1.82, 2.24) is 0 Å². The van der Waals surface area contributed by atoms with E-state index < -0.39 is 7.60 Å². The normalized spacial score (nSPS) is 19.4. The fraction of sp³-hybridized carbons (Fsp3) is 1.00. The molecule has 0 saturated heterocycles.